The Labute approximate surface area is 111 Å². The number of amides is 1. The maximum absolute atomic E-state index is 11.7. The Morgan fingerprint density at radius 1 is 1.56 bits per heavy atom. The molecule has 0 aliphatic carbocycles. The van der Waals surface area contributed by atoms with E-state index in [-0.39, 0.29) is 11.1 Å². The van der Waals surface area contributed by atoms with Crippen LogP contribution in [-0.2, 0) is 4.74 Å². The Morgan fingerprint density at radius 3 is 3.00 bits per heavy atom. The SMILES string of the molecule is O=C(NCCOC1CCNCC1)c1ccoc1Cl. The molecule has 100 valence electrons. The largest absolute Gasteiger partial charge is 0.452 e. The normalized spacial score (nSPS) is 16.7. The van der Waals surface area contributed by atoms with Gasteiger partial charge in [-0.25, -0.2) is 0 Å². The predicted octanol–water partition coefficient (Wildman–Crippen LogP) is 1.43. The standard InChI is InChI=1S/C12H17ClN2O3/c13-11-10(3-7-18-11)12(16)15-6-8-17-9-1-4-14-5-2-9/h3,7,9,14H,1-2,4-6,8H2,(H,15,16). The first-order valence-corrected chi connectivity index (χ1v) is 6.48. The van der Waals surface area contributed by atoms with Crippen molar-refractivity contribution >= 4 is 17.5 Å². The molecule has 0 saturated carbocycles. The fourth-order valence-corrected chi connectivity index (χ4v) is 2.10. The van der Waals surface area contributed by atoms with E-state index in [9.17, 15) is 4.79 Å². The molecule has 2 rings (SSSR count). The van der Waals surface area contributed by atoms with Gasteiger partial charge in [-0.15, -0.1) is 0 Å². The van der Waals surface area contributed by atoms with E-state index >= 15 is 0 Å². The van der Waals surface area contributed by atoms with Crippen LogP contribution in [0.25, 0.3) is 0 Å². The molecule has 0 aromatic carbocycles. The summed E-state index contributed by atoms with van der Waals surface area (Å²) in [5.74, 6) is -0.234. The number of hydrogen-bond acceptors (Lipinski definition) is 4. The van der Waals surface area contributed by atoms with Gasteiger partial charge < -0.3 is 19.8 Å². The van der Waals surface area contributed by atoms with Crippen molar-refractivity contribution in [2.24, 2.45) is 0 Å². The Bertz CT molecular complexity index is 388. The molecule has 1 fully saturated rings. The highest BCUT2D eigenvalue weighted by Gasteiger charge is 2.14. The minimum Gasteiger partial charge on any atom is -0.452 e. The third kappa shape index (κ3) is 3.73. The number of halogens is 1. The van der Waals surface area contributed by atoms with Crippen LogP contribution in [0.5, 0.6) is 0 Å². The molecule has 0 spiro atoms. The summed E-state index contributed by atoms with van der Waals surface area (Å²) in [7, 11) is 0. The number of carbonyl (C=O) groups excluding carboxylic acids is 1. The summed E-state index contributed by atoms with van der Waals surface area (Å²) in [5, 5.41) is 6.13. The van der Waals surface area contributed by atoms with Gasteiger partial charge in [0.15, 0.2) is 0 Å². The van der Waals surface area contributed by atoms with Crippen LogP contribution in [0.3, 0.4) is 0 Å². The molecule has 1 aromatic heterocycles. The molecule has 6 heteroatoms. The second-order valence-electron chi connectivity index (χ2n) is 4.18. The van der Waals surface area contributed by atoms with Crippen molar-refractivity contribution in [3.8, 4) is 0 Å². The van der Waals surface area contributed by atoms with E-state index in [1.807, 2.05) is 0 Å². The smallest absolute Gasteiger partial charge is 0.256 e. The number of carbonyl (C=O) groups is 1. The van der Waals surface area contributed by atoms with E-state index in [1.165, 1.54) is 6.26 Å². The highest BCUT2D eigenvalue weighted by atomic mass is 35.5. The molecule has 0 bridgehead atoms. The summed E-state index contributed by atoms with van der Waals surface area (Å²) in [6, 6.07) is 1.55. The topological polar surface area (TPSA) is 63.5 Å². The summed E-state index contributed by atoms with van der Waals surface area (Å²) in [5.41, 5.74) is 0.360. The van der Waals surface area contributed by atoms with Crippen LogP contribution in [0.2, 0.25) is 5.22 Å². The van der Waals surface area contributed by atoms with Crippen LogP contribution >= 0.6 is 11.6 Å². The fourth-order valence-electron chi connectivity index (χ4n) is 1.90. The van der Waals surface area contributed by atoms with Gasteiger partial charge >= 0.3 is 0 Å². The first-order valence-electron chi connectivity index (χ1n) is 6.11. The van der Waals surface area contributed by atoms with Crippen molar-refractivity contribution in [3.05, 3.63) is 23.1 Å². The van der Waals surface area contributed by atoms with Crippen molar-refractivity contribution in [2.75, 3.05) is 26.2 Å². The Kier molecular flexibility index (Phi) is 5.04. The van der Waals surface area contributed by atoms with Gasteiger partial charge in [0, 0.05) is 6.54 Å². The lowest BCUT2D eigenvalue weighted by Gasteiger charge is -2.22. The Hall–Kier alpha value is -1.04. The van der Waals surface area contributed by atoms with Crippen LogP contribution in [0.4, 0.5) is 0 Å². The van der Waals surface area contributed by atoms with E-state index in [4.69, 9.17) is 20.8 Å². The molecule has 1 saturated heterocycles. The molecule has 0 atom stereocenters. The highest BCUT2D eigenvalue weighted by molar-refractivity contribution is 6.32. The van der Waals surface area contributed by atoms with Gasteiger partial charge in [0.2, 0.25) is 5.22 Å². The van der Waals surface area contributed by atoms with Gasteiger partial charge in [0.05, 0.1) is 24.5 Å². The van der Waals surface area contributed by atoms with Crippen molar-refractivity contribution in [1.29, 1.82) is 0 Å². The predicted molar refractivity (Wildman–Crippen MR) is 67.9 cm³/mol. The van der Waals surface area contributed by atoms with Crippen molar-refractivity contribution in [3.63, 3.8) is 0 Å². The lowest BCUT2D eigenvalue weighted by atomic mass is 10.1. The van der Waals surface area contributed by atoms with Crippen LogP contribution in [-0.4, -0.2) is 38.3 Å². The van der Waals surface area contributed by atoms with E-state index in [0.717, 1.165) is 25.9 Å². The molecule has 18 heavy (non-hydrogen) atoms. The number of piperidine rings is 1. The van der Waals surface area contributed by atoms with Gasteiger partial charge in [-0.3, -0.25) is 4.79 Å². The molecule has 5 nitrogen and oxygen atoms in total. The quantitative estimate of drug-likeness (QED) is 0.796. The molecular weight excluding hydrogens is 256 g/mol. The molecule has 1 aromatic rings. The fraction of sp³-hybridized carbons (Fsp3) is 0.583. The second kappa shape index (κ2) is 6.78. The molecule has 1 amide bonds. The summed E-state index contributed by atoms with van der Waals surface area (Å²) in [6.45, 7) is 3.00. The summed E-state index contributed by atoms with van der Waals surface area (Å²) < 4.78 is 10.5. The van der Waals surface area contributed by atoms with Gasteiger partial charge in [-0.05, 0) is 43.6 Å². The third-order valence-electron chi connectivity index (χ3n) is 2.89. The number of rotatable bonds is 5. The molecule has 0 unspecified atom stereocenters. The van der Waals surface area contributed by atoms with Crippen molar-refractivity contribution in [1.82, 2.24) is 10.6 Å². The van der Waals surface area contributed by atoms with Crippen LogP contribution in [0.1, 0.15) is 23.2 Å². The zero-order valence-electron chi connectivity index (χ0n) is 10.1. The zero-order chi connectivity index (χ0) is 12.8. The molecule has 2 heterocycles. The summed E-state index contributed by atoms with van der Waals surface area (Å²) in [6.07, 6.45) is 3.76. The lowest BCUT2D eigenvalue weighted by Crippen LogP contribution is -2.34. The van der Waals surface area contributed by atoms with E-state index < -0.39 is 0 Å². The minimum absolute atomic E-state index is 0.117. The average Bonchev–Trinajstić information content (AvgIpc) is 2.82. The molecule has 2 N–H and O–H groups in total. The van der Waals surface area contributed by atoms with Crippen LogP contribution in [0.15, 0.2) is 16.7 Å². The van der Waals surface area contributed by atoms with Crippen LogP contribution < -0.4 is 10.6 Å². The van der Waals surface area contributed by atoms with Gasteiger partial charge in [-0.2, -0.15) is 0 Å². The monoisotopic (exact) mass is 272 g/mol. The maximum Gasteiger partial charge on any atom is 0.256 e. The van der Waals surface area contributed by atoms with Crippen molar-refractivity contribution < 1.29 is 13.9 Å². The number of nitrogens with one attached hydrogen (secondary N) is 2. The second-order valence-corrected chi connectivity index (χ2v) is 4.53. The summed E-state index contributed by atoms with van der Waals surface area (Å²) in [4.78, 5) is 11.7. The average molecular weight is 273 g/mol. The molecule has 0 radical (unpaired) electrons. The number of hydrogen-bond donors (Lipinski definition) is 2. The Balaban J connectivity index is 1.63. The van der Waals surface area contributed by atoms with Gasteiger partial charge in [0.1, 0.15) is 0 Å². The molecular formula is C12H17ClN2O3. The molecule has 1 aliphatic rings. The first-order chi connectivity index (χ1) is 8.77. The summed E-state index contributed by atoms with van der Waals surface area (Å²) >= 11 is 5.70. The Morgan fingerprint density at radius 2 is 2.33 bits per heavy atom. The van der Waals surface area contributed by atoms with Gasteiger partial charge in [-0.1, -0.05) is 0 Å². The van der Waals surface area contributed by atoms with E-state index in [2.05, 4.69) is 10.6 Å². The van der Waals surface area contributed by atoms with E-state index in [0.29, 0.717) is 24.8 Å². The first kappa shape index (κ1) is 13.4. The maximum atomic E-state index is 11.7. The van der Waals surface area contributed by atoms with Crippen LogP contribution in [0, 0.1) is 0 Å². The van der Waals surface area contributed by atoms with Crippen molar-refractivity contribution in [2.45, 2.75) is 18.9 Å². The van der Waals surface area contributed by atoms with Gasteiger partial charge in [0.25, 0.3) is 5.91 Å². The van der Waals surface area contributed by atoms with E-state index in [1.54, 1.807) is 6.07 Å². The third-order valence-corrected chi connectivity index (χ3v) is 3.18. The highest BCUT2D eigenvalue weighted by Crippen LogP contribution is 2.15. The number of furan rings is 1. The minimum atomic E-state index is -0.234. The number of ether oxygens (including phenoxy) is 1. The molecule has 1 aliphatic heterocycles. The zero-order valence-corrected chi connectivity index (χ0v) is 10.8. The lowest BCUT2D eigenvalue weighted by molar-refractivity contribution is 0.0343.